The molecule has 0 unspecified atom stereocenters. The molecule has 2 aliphatic rings. The maximum absolute atomic E-state index is 12.5. The van der Waals surface area contributed by atoms with Crippen molar-refractivity contribution in [2.24, 2.45) is 4.99 Å². The van der Waals surface area contributed by atoms with Gasteiger partial charge in [-0.15, -0.1) is 0 Å². The first-order chi connectivity index (χ1) is 14.3. The summed E-state index contributed by atoms with van der Waals surface area (Å²) in [6.45, 7) is 6.49. The number of nitrogens with one attached hydrogen (secondary N) is 2. The van der Waals surface area contributed by atoms with Crippen LogP contribution in [0.3, 0.4) is 0 Å². The van der Waals surface area contributed by atoms with Crippen LogP contribution in [0.2, 0.25) is 0 Å². The van der Waals surface area contributed by atoms with Crippen LogP contribution in [-0.4, -0.2) is 93.8 Å². The second-order valence-electron chi connectivity index (χ2n) is 8.25. The van der Waals surface area contributed by atoms with E-state index in [0.29, 0.717) is 51.1 Å². The first-order valence-electron chi connectivity index (χ1n) is 11.2. The lowest BCUT2D eigenvalue weighted by atomic mass is 9.95. The molecule has 0 spiro atoms. The van der Waals surface area contributed by atoms with Crippen LogP contribution in [-0.2, 0) is 19.6 Å². The lowest BCUT2D eigenvalue weighted by Gasteiger charge is -2.35. The monoisotopic (exact) mass is 445 g/mol. The fourth-order valence-electron chi connectivity index (χ4n) is 3.86. The Morgan fingerprint density at radius 1 is 1.13 bits per heavy atom. The minimum absolute atomic E-state index is 0.00819. The van der Waals surface area contributed by atoms with Gasteiger partial charge in [0.15, 0.2) is 5.96 Å². The molecule has 0 aromatic carbocycles. The lowest BCUT2D eigenvalue weighted by Crippen LogP contribution is -2.54. The number of carbonyl (C=O) groups is 1. The zero-order valence-corrected chi connectivity index (χ0v) is 19.5. The van der Waals surface area contributed by atoms with E-state index in [9.17, 15) is 13.2 Å². The van der Waals surface area contributed by atoms with Crippen molar-refractivity contribution in [3.05, 3.63) is 0 Å². The molecule has 0 aromatic rings. The zero-order chi connectivity index (χ0) is 22.0. The van der Waals surface area contributed by atoms with Crippen molar-refractivity contribution >= 4 is 21.9 Å². The summed E-state index contributed by atoms with van der Waals surface area (Å²) >= 11 is 0. The Labute approximate surface area is 181 Å². The van der Waals surface area contributed by atoms with E-state index in [1.165, 1.54) is 23.6 Å². The van der Waals surface area contributed by atoms with Crippen molar-refractivity contribution in [3.8, 4) is 0 Å². The van der Waals surface area contributed by atoms with E-state index in [4.69, 9.17) is 4.74 Å². The highest BCUT2D eigenvalue weighted by Crippen LogP contribution is 2.17. The van der Waals surface area contributed by atoms with Crippen LogP contribution in [0.1, 0.15) is 52.4 Å². The minimum atomic E-state index is -3.31. The number of nitrogens with zero attached hydrogens (tertiary/aromatic N) is 3. The van der Waals surface area contributed by atoms with E-state index < -0.39 is 10.0 Å². The van der Waals surface area contributed by atoms with Crippen molar-refractivity contribution in [1.82, 2.24) is 19.8 Å². The number of ether oxygens (including phenoxy) is 1. The van der Waals surface area contributed by atoms with Gasteiger partial charge in [0.2, 0.25) is 15.9 Å². The molecule has 1 saturated carbocycles. The van der Waals surface area contributed by atoms with Crippen LogP contribution < -0.4 is 10.6 Å². The summed E-state index contributed by atoms with van der Waals surface area (Å²) in [6.07, 6.45) is 6.25. The number of hydrogen-bond donors (Lipinski definition) is 2. The summed E-state index contributed by atoms with van der Waals surface area (Å²) in [4.78, 5) is 18.5. The van der Waals surface area contributed by atoms with Crippen LogP contribution in [0.15, 0.2) is 4.99 Å². The summed E-state index contributed by atoms with van der Waals surface area (Å²) in [5.41, 5.74) is 0. The zero-order valence-electron chi connectivity index (χ0n) is 18.7. The first-order valence-corrected chi connectivity index (χ1v) is 12.8. The molecule has 1 heterocycles. The smallest absolute Gasteiger partial charge is 0.221 e. The number of rotatable bonds is 9. The number of carbonyl (C=O) groups excluding carboxylic acids is 1. The molecule has 1 aliphatic carbocycles. The van der Waals surface area contributed by atoms with Gasteiger partial charge in [-0.3, -0.25) is 9.79 Å². The fraction of sp³-hybridized carbons (Fsp3) is 0.900. The quantitative estimate of drug-likeness (QED) is 0.401. The molecule has 1 amide bonds. The molecule has 2 rings (SSSR count). The van der Waals surface area contributed by atoms with Gasteiger partial charge in [-0.05, 0) is 26.7 Å². The highest BCUT2D eigenvalue weighted by Gasteiger charge is 2.28. The van der Waals surface area contributed by atoms with Gasteiger partial charge < -0.3 is 20.3 Å². The third kappa shape index (κ3) is 8.39. The third-order valence-corrected chi connectivity index (χ3v) is 7.38. The average molecular weight is 446 g/mol. The molecule has 10 heteroatoms. The fourth-order valence-corrected chi connectivity index (χ4v) is 5.15. The van der Waals surface area contributed by atoms with Gasteiger partial charge in [-0.2, -0.15) is 4.31 Å². The number of hydrogen-bond acceptors (Lipinski definition) is 5. The van der Waals surface area contributed by atoms with Gasteiger partial charge in [0.25, 0.3) is 0 Å². The Morgan fingerprint density at radius 3 is 2.40 bits per heavy atom. The molecule has 9 nitrogen and oxygen atoms in total. The van der Waals surface area contributed by atoms with E-state index in [-0.39, 0.29) is 24.4 Å². The number of piperazine rings is 1. The normalized spacial score (nSPS) is 19.9. The molecule has 30 heavy (non-hydrogen) atoms. The SMILES string of the molecule is CN=C(NCCC(=O)NC1CCCCC1)N1CCN(S(=O)(=O)CCOC(C)C)CC1. The Bertz CT molecular complexity index is 654. The highest BCUT2D eigenvalue weighted by atomic mass is 32.2. The van der Waals surface area contributed by atoms with Crippen LogP contribution in [0.25, 0.3) is 0 Å². The van der Waals surface area contributed by atoms with Gasteiger partial charge >= 0.3 is 0 Å². The van der Waals surface area contributed by atoms with Gasteiger partial charge in [-0.25, -0.2) is 8.42 Å². The van der Waals surface area contributed by atoms with Crippen molar-refractivity contribution in [2.45, 2.75) is 64.5 Å². The van der Waals surface area contributed by atoms with Gasteiger partial charge in [0, 0.05) is 52.2 Å². The standard InChI is InChI=1S/C20H39N5O4S/c1-17(2)29-15-16-30(27,28)25-13-11-24(12-14-25)20(21-3)22-10-9-19(26)23-18-7-5-4-6-8-18/h17-18H,4-16H2,1-3H3,(H,21,22)(H,23,26). The van der Waals surface area contributed by atoms with Crippen molar-refractivity contribution in [2.75, 3.05) is 52.1 Å². The molecule has 0 bridgehead atoms. The lowest BCUT2D eigenvalue weighted by molar-refractivity contribution is -0.121. The molecule has 1 saturated heterocycles. The van der Waals surface area contributed by atoms with Gasteiger partial charge in [-0.1, -0.05) is 19.3 Å². The summed E-state index contributed by atoms with van der Waals surface area (Å²) in [6, 6.07) is 0.325. The Hall–Kier alpha value is -1.39. The molecule has 0 aromatic heterocycles. The molecule has 174 valence electrons. The molecule has 2 fully saturated rings. The van der Waals surface area contributed by atoms with E-state index in [1.807, 2.05) is 18.7 Å². The van der Waals surface area contributed by atoms with Crippen LogP contribution in [0, 0.1) is 0 Å². The van der Waals surface area contributed by atoms with E-state index in [1.54, 1.807) is 7.05 Å². The Balaban J connectivity index is 1.69. The third-order valence-electron chi connectivity index (χ3n) is 5.54. The molecule has 1 aliphatic heterocycles. The number of sulfonamides is 1. The van der Waals surface area contributed by atoms with Crippen LogP contribution in [0.4, 0.5) is 0 Å². The Morgan fingerprint density at radius 2 is 1.80 bits per heavy atom. The second kappa shape index (κ2) is 12.5. The molecule has 0 radical (unpaired) electrons. The number of aliphatic imine (C=N–C) groups is 1. The molecular weight excluding hydrogens is 406 g/mol. The molecular formula is C20H39N5O4S. The van der Waals surface area contributed by atoms with Crippen molar-refractivity contribution in [1.29, 1.82) is 0 Å². The van der Waals surface area contributed by atoms with Crippen molar-refractivity contribution < 1.29 is 17.9 Å². The second-order valence-corrected chi connectivity index (χ2v) is 10.3. The van der Waals surface area contributed by atoms with Gasteiger partial charge in [0.05, 0.1) is 18.5 Å². The predicted molar refractivity (Wildman–Crippen MR) is 119 cm³/mol. The summed E-state index contributed by atoms with van der Waals surface area (Å²) in [5.74, 6) is 0.791. The van der Waals surface area contributed by atoms with Crippen LogP contribution >= 0.6 is 0 Å². The maximum atomic E-state index is 12.5. The highest BCUT2D eigenvalue weighted by molar-refractivity contribution is 7.89. The van der Waals surface area contributed by atoms with E-state index in [2.05, 4.69) is 15.6 Å². The maximum Gasteiger partial charge on any atom is 0.221 e. The van der Waals surface area contributed by atoms with Crippen LogP contribution in [0.5, 0.6) is 0 Å². The Kier molecular flexibility index (Phi) is 10.3. The summed E-state index contributed by atoms with van der Waals surface area (Å²) < 4.78 is 31.8. The van der Waals surface area contributed by atoms with Crippen molar-refractivity contribution in [3.63, 3.8) is 0 Å². The summed E-state index contributed by atoms with van der Waals surface area (Å²) in [7, 11) is -1.60. The topological polar surface area (TPSA) is 103 Å². The summed E-state index contributed by atoms with van der Waals surface area (Å²) in [5, 5.41) is 6.35. The average Bonchev–Trinajstić information content (AvgIpc) is 2.72. The number of guanidine groups is 1. The first kappa shape index (κ1) is 24.9. The number of amides is 1. The van der Waals surface area contributed by atoms with E-state index >= 15 is 0 Å². The van der Waals surface area contributed by atoms with Gasteiger partial charge in [0.1, 0.15) is 0 Å². The molecule has 2 N–H and O–H groups in total. The largest absolute Gasteiger partial charge is 0.378 e. The van der Waals surface area contributed by atoms with E-state index in [0.717, 1.165) is 12.8 Å². The molecule has 0 atom stereocenters. The minimum Gasteiger partial charge on any atom is -0.378 e. The predicted octanol–water partition coefficient (Wildman–Crippen LogP) is 0.773.